The number of hydrogen-bond acceptors (Lipinski definition) is 10. The van der Waals surface area contributed by atoms with E-state index in [1.165, 1.54) is 12.5 Å². The number of fused-ring (bicyclic) bond motifs is 4. The fourth-order valence-corrected chi connectivity index (χ4v) is 5.38. The van der Waals surface area contributed by atoms with Crippen LogP contribution in [0.3, 0.4) is 0 Å². The summed E-state index contributed by atoms with van der Waals surface area (Å²) in [5.74, 6) is 1.94. The normalized spacial score (nSPS) is 20.6. The van der Waals surface area contributed by atoms with Crippen molar-refractivity contribution in [3.8, 4) is 6.07 Å². The van der Waals surface area contributed by atoms with Crippen LogP contribution in [0.15, 0.2) is 60.1 Å². The standard InChI is InChI=1S/C15H15ClN4O.C11H11ClN4.C4H5O2/c1-17-14-11-3-5-13(21-11)20-7-6-19(15(14)20)9-10-2-4-12(16)18-8-10;12-10-2-1-9(7-15-10)8-16-6-5-14-11(16)3-4-13;5-3-1-2-4-6/h2,4,8,11,13H,3,5-7,9H2;1-3,7,14H,5-6,8H2;1,3-4H,2H2/q;;+1/b;11-3+;. The largest absolute Gasteiger partial charge is 0.369 e. The molecule has 2 atom stereocenters. The molecule has 43 heavy (non-hydrogen) atoms. The maximum atomic E-state index is 9.37. The summed E-state index contributed by atoms with van der Waals surface area (Å²) in [7, 11) is 0. The predicted molar refractivity (Wildman–Crippen MR) is 160 cm³/mol. The second-order valence-electron chi connectivity index (χ2n) is 9.85. The van der Waals surface area contributed by atoms with Gasteiger partial charge in [0.25, 0.3) is 6.29 Å². The van der Waals surface area contributed by atoms with Crippen LogP contribution < -0.4 is 5.32 Å². The number of ether oxygens (including phenoxy) is 1. The van der Waals surface area contributed by atoms with Gasteiger partial charge in [-0.2, -0.15) is 5.26 Å². The first-order valence-corrected chi connectivity index (χ1v) is 14.5. The molecule has 6 heterocycles. The summed E-state index contributed by atoms with van der Waals surface area (Å²) in [6, 6.07) is 9.54. The van der Waals surface area contributed by atoms with Gasteiger partial charge in [-0.1, -0.05) is 35.3 Å². The molecule has 2 unspecified atom stereocenters. The topological polar surface area (TPSA) is 119 Å². The monoisotopic (exact) mass is 621 g/mol. The average Bonchev–Trinajstić information content (AvgIpc) is 3.76. The van der Waals surface area contributed by atoms with Crippen molar-refractivity contribution in [3.63, 3.8) is 0 Å². The highest BCUT2D eigenvalue weighted by molar-refractivity contribution is 6.29. The molecule has 0 aromatic carbocycles. The smallest absolute Gasteiger partial charge is 0.295 e. The number of unbranched alkanes of at least 4 members (excludes halogenated alkanes) is 1. The molecule has 0 aliphatic carbocycles. The van der Waals surface area contributed by atoms with Crippen molar-refractivity contribution in [1.29, 1.82) is 5.26 Å². The molecule has 4 aliphatic heterocycles. The molecule has 4 aliphatic rings. The highest BCUT2D eigenvalue weighted by Gasteiger charge is 2.45. The van der Waals surface area contributed by atoms with Crippen molar-refractivity contribution in [1.82, 2.24) is 30.0 Å². The van der Waals surface area contributed by atoms with Gasteiger partial charge in [0.1, 0.15) is 28.2 Å². The van der Waals surface area contributed by atoms with Crippen molar-refractivity contribution in [2.24, 2.45) is 0 Å². The minimum atomic E-state index is -0.0114. The second kappa shape index (κ2) is 15.8. The molecule has 1 N–H and O–H groups in total. The third-order valence-corrected chi connectivity index (χ3v) is 7.51. The first-order chi connectivity index (χ1) is 21.0. The zero-order valence-electron chi connectivity index (χ0n) is 23.4. The van der Waals surface area contributed by atoms with Gasteiger partial charge < -0.3 is 24.8 Å². The number of nitriles is 1. The Balaban J connectivity index is 0.000000171. The molecule has 2 aromatic heterocycles. The minimum Gasteiger partial charge on any atom is -0.369 e. The number of aldehydes is 2. The number of carbonyl (C=O) groups is 2. The number of rotatable bonds is 7. The maximum absolute atomic E-state index is 9.37. The fraction of sp³-hybridized carbons (Fsp3) is 0.367. The number of nitrogens with one attached hydrogen (secondary N) is 1. The van der Waals surface area contributed by atoms with Crippen LogP contribution in [-0.4, -0.2) is 75.8 Å². The Morgan fingerprint density at radius 3 is 2.33 bits per heavy atom. The van der Waals surface area contributed by atoms with E-state index < -0.39 is 0 Å². The quantitative estimate of drug-likeness (QED) is 0.160. The van der Waals surface area contributed by atoms with Gasteiger partial charge in [-0.3, -0.25) is 4.79 Å². The Morgan fingerprint density at radius 2 is 1.77 bits per heavy atom. The van der Waals surface area contributed by atoms with Crippen LogP contribution in [0.1, 0.15) is 30.4 Å². The Labute approximate surface area is 261 Å². The van der Waals surface area contributed by atoms with Gasteiger partial charge >= 0.3 is 0 Å². The summed E-state index contributed by atoms with van der Waals surface area (Å²) in [4.78, 5) is 37.3. The lowest BCUT2D eigenvalue weighted by atomic mass is 10.2. The van der Waals surface area contributed by atoms with Crippen molar-refractivity contribution in [2.45, 2.75) is 44.7 Å². The van der Waals surface area contributed by atoms with Crippen molar-refractivity contribution < 1.29 is 14.3 Å². The molecule has 0 saturated carbocycles. The van der Waals surface area contributed by atoms with E-state index in [1.54, 1.807) is 18.5 Å². The first kappa shape index (κ1) is 31.6. The number of hydrogen-bond donors (Lipinski definition) is 1. The van der Waals surface area contributed by atoms with Crippen molar-refractivity contribution in [2.75, 3.05) is 26.2 Å². The van der Waals surface area contributed by atoms with Gasteiger partial charge in [0.15, 0.2) is 19.1 Å². The zero-order valence-corrected chi connectivity index (χ0v) is 24.9. The predicted octanol–water partition coefficient (Wildman–Crippen LogP) is 3.94. The Bertz CT molecular complexity index is 1390. The van der Waals surface area contributed by atoms with E-state index in [4.69, 9.17) is 39.8 Å². The van der Waals surface area contributed by atoms with E-state index in [-0.39, 0.29) is 18.8 Å². The SMILES string of the molecule is N#C/C=C1\NCCN1Cc1ccc(Cl)nc1.O=C[CH+]CC=O.[C-]#[N+]C1=C2N(Cc3ccc(Cl)nc3)CCN2C2CCC1O2. The molecule has 2 bridgehead atoms. The van der Waals surface area contributed by atoms with Gasteiger partial charge in [-0.05, 0) is 36.1 Å². The summed E-state index contributed by atoms with van der Waals surface area (Å²) in [6.07, 6.45) is 9.98. The molecule has 13 heteroatoms. The van der Waals surface area contributed by atoms with Gasteiger partial charge in [0.2, 0.25) is 5.70 Å². The number of pyridine rings is 2. The third-order valence-electron chi connectivity index (χ3n) is 7.06. The molecule has 6 rings (SSSR count). The number of aromatic nitrogens is 2. The number of carbonyl (C=O) groups excluding carboxylic acids is 2. The molecule has 0 radical (unpaired) electrons. The fourth-order valence-electron chi connectivity index (χ4n) is 5.15. The van der Waals surface area contributed by atoms with Crippen LogP contribution in [-0.2, 0) is 27.4 Å². The van der Waals surface area contributed by atoms with Gasteiger partial charge in [-0.25, -0.2) is 19.6 Å². The summed E-state index contributed by atoms with van der Waals surface area (Å²) in [6.45, 7) is 12.6. The van der Waals surface area contributed by atoms with Crippen molar-refractivity contribution >= 4 is 35.8 Å². The van der Waals surface area contributed by atoms with Crippen LogP contribution in [0.4, 0.5) is 0 Å². The Hall–Kier alpha value is -4.29. The lowest BCUT2D eigenvalue weighted by molar-refractivity contribution is -0.109. The summed E-state index contributed by atoms with van der Waals surface area (Å²) >= 11 is 11.5. The van der Waals surface area contributed by atoms with E-state index in [0.717, 1.165) is 80.6 Å². The number of halogens is 2. The average molecular weight is 623 g/mol. The van der Waals surface area contributed by atoms with Gasteiger partial charge in [0, 0.05) is 51.7 Å². The second-order valence-corrected chi connectivity index (χ2v) is 10.6. The van der Waals surface area contributed by atoms with E-state index in [9.17, 15) is 9.59 Å². The van der Waals surface area contributed by atoms with E-state index >= 15 is 0 Å². The van der Waals surface area contributed by atoms with Gasteiger partial charge in [-0.15, -0.1) is 0 Å². The maximum Gasteiger partial charge on any atom is 0.295 e. The molecule has 0 amide bonds. The third kappa shape index (κ3) is 8.39. The van der Waals surface area contributed by atoms with Gasteiger partial charge in [0.05, 0.1) is 24.8 Å². The highest BCUT2D eigenvalue weighted by atomic mass is 35.5. The molecular formula is C30H31Cl2N8O3+. The summed E-state index contributed by atoms with van der Waals surface area (Å²) in [5, 5.41) is 12.8. The van der Waals surface area contributed by atoms with Crippen LogP contribution in [0.5, 0.6) is 0 Å². The molecule has 11 nitrogen and oxygen atoms in total. The highest BCUT2D eigenvalue weighted by Crippen LogP contribution is 2.41. The van der Waals surface area contributed by atoms with Crippen LogP contribution in [0, 0.1) is 24.3 Å². The van der Waals surface area contributed by atoms with Crippen LogP contribution in [0.2, 0.25) is 10.3 Å². The van der Waals surface area contributed by atoms with Crippen LogP contribution in [0.25, 0.3) is 4.85 Å². The Morgan fingerprint density at radius 1 is 1.07 bits per heavy atom. The molecule has 2 aromatic rings. The lowest BCUT2D eigenvalue weighted by Crippen LogP contribution is -2.38. The molecule has 222 valence electrons. The molecule has 3 fully saturated rings. The Kier molecular flexibility index (Phi) is 11.6. The van der Waals surface area contributed by atoms with E-state index in [2.05, 4.69) is 34.8 Å². The molecule has 0 spiro atoms. The minimum absolute atomic E-state index is 0.0114. The first-order valence-electron chi connectivity index (χ1n) is 13.8. The number of nitrogens with zero attached hydrogens (tertiary/aromatic N) is 7. The van der Waals surface area contributed by atoms with Crippen LogP contribution >= 0.6 is 23.2 Å². The molecular weight excluding hydrogens is 591 g/mol. The van der Waals surface area contributed by atoms with E-state index in [1.807, 2.05) is 24.3 Å². The number of allylic oxidation sites excluding steroid dienone is 1. The molecule has 3 saturated heterocycles. The summed E-state index contributed by atoms with van der Waals surface area (Å²) in [5.41, 5.74) is 2.96. The van der Waals surface area contributed by atoms with E-state index in [0.29, 0.717) is 22.9 Å². The zero-order chi connectivity index (χ0) is 30.6. The summed E-state index contributed by atoms with van der Waals surface area (Å²) < 4.78 is 5.93. The van der Waals surface area contributed by atoms with Crippen molar-refractivity contribution in [3.05, 3.63) is 99.3 Å². The lowest BCUT2D eigenvalue weighted by Gasteiger charge is -2.35.